The highest BCUT2D eigenvalue weighted by molar-refractivity contribution is 7.92. The van der Waals surface area contributed by atoms with Gasteiger partial charge >= 0.3 is 0 Å². The molecule has 3 aliphatic heterocycles. The Hall–Kier alpha value is -6.07. The van der Waals surface area contributed by atoms with Crippen molar-refractivity contribution in [2.24, 2.45) is 0 Å². The van der Waals surface area contributed by atoms with E-state index < -0.39 is 27.9 Å². The van der Waals surface area contributed by atoms with Crippen molar-refractivity contribution in [2.75, 3.05) is 67.1 Å². The van der Waals surface area contributed by atoms with E-state index in [1.807, 2.05) is 30.3 Å². The number of amides is 3. The molecule has 3 N–H and O–H groups in total. The van der Waals surface area contributed by atoms with Crippen LogP contribution in [0.1, 0.15) is 72.1 Å². The lowest BCUT2D eigenvalue weighted by atomic mass is 10.1. The summed E-state index contributed by atoms with van der Waals surface area (Å²) in [5.74, 6) is 0.603. The standard InChI is InChI=1S/C43H50N10O6S/c1-60(57,58)49-31-12-8-11-30(27-31)35-18-17-33-29-46-43(48-53(33)35)47-32-16-19-38(45-28-32)51-24-22-50(23-25-51)21-6-4-2-3-5-7-26-59-37-15-9-13-34-39(37)42(56)52(41(34)55)36-14-10-20-44-40(36)54/h8-9,11-13,15-19,27-29,36,49H,2-7,10,14,20-26H2,1H3,(H,44,54)(H,47,48). The number of ether oxygens (including phenoxy) is 1. The first-order chi connectivity index (χ1) is 29.1. The topological polar surface area (TPSA) is 183 Å². The van der Waals surface area contributed by atoms with Gasteiger partial charge in [-0.2, -0.15) is 0 Å². The van der Waals surface area contributed by atoms with Crippen LogP contribution in [-0.2, 0) is 14.8 Å². The second-order valence-corrected chi connectivity index (χ2v) is 17.3. The van der Waals surface area contributed by atoms with Gasteiger partial charge in [0.2, 0.25) is 21.9 Å². The number of carbonyl (C=O) groups excluding carboxylic acids is 3. The van der Waals surface area contributed by atoms with Crippen LogP contribution >= 0.6 is 0 Å². The lowest BCUT2D eigenvalue weighted by Gasteiger charge is -2.35. The lowest BCUT2D eigenvalue weighted by molar-refractivity contribution is -0.126. The van der Waals surface area contributed by atoms with E-state index in [2.05, 4.69) is 30.1 Å². The number of anilines is 4. The highest BCUT2D eigenvalue weighted by Crippen LogP contribution is 2.34. The number of aromatic nitrogens is 4. The SMILES string of the molecule is CS(=O)(=O)Nc1cccc(-c2ccc3cnc(Nc4ccc(N5CCN(CCCCCCCCOc6cccc7c6C(=O)N(C6CCCNC6=O)C7=O)CC5)nc4)nn23)c1. The van der Waals surface area contributed by atoms with Gasteiger partial charge in [-0.25, -0.2) is 22.9 Å². The molecule has 3 amide bonds. The van der Waals surface area contributed by atoms with Crippen molar-refractivity contribution in [3.05, 3.63) is 90.3 Å². The number of pyridine rings is 1. The van der Waals surface area contributed by atoms with Gasteiger partial charge in [0.15, 0.2) is 0 Å². The first-order valence-electron chi connectivity index (χ1n) is 20.7. The molecule has 60 heavy (non-hydrogen) atoms. The Morgan fingerprint density at radius 2 is 1.63 bits per heavy atom. The Kier molecular flexibility index (Phi) is 12.2. The minimum absolute atomic E-state index is 0.270. The molecule has 2 fully saturated rings. The molecule has 314 valence electrons. The third kappa shape index (κ3) is 9.37. The van der Waals surface area contributed by atoms with Gasteiger partial charge in [0, 0.05) is 44.0 Å². The van der Waals surface area contributed by atoms with Crippen molar-refractivity contribution < 1.29 is 27.5 Å². The zero-order valence-electron chi connectivity index (χ0n) is 33.7. The second kappa shape index (κ2) is 18.0. The van der Waals surface area contributed by atoms with Crippen LogP contribution in [-0.4, -0.2) is 114 Å². The summed E-state index contributed by atoms with van der Waals surface area (Å²) in [5.41, 5.74) is 4.23. The van der Waals surface area contributed by atoms with Crippen LogP contribution in [0.4, 0.5) is 23.1 Å². The average Bonchev–Trinajstić information content (AvgIpc) is 3.78. The molecule has 17 heteroatoms. The molecule has 0 radical (unpaired) electrons. The van der Waals surface area contributed by atoms with Crippen molar-refractivity contribution >= 4 is 56.4 Å². The molecule has 1 unspecified atom stereocenters. The predicted octanol–water partition coefficient (Wildman–Crippen LogP) is 5.32. The van der Waals surface area contributed by atoms with Gasteiger partial charge in [0.05, 0.1) is 53.3 Å². The van der Waals surface area contributed by atoms with Crippen LogP contribution in [0.15, 0.2) is 79.1 Å². The van der Waals surface area contributed by atoms with Gasteiger partial charge in [-0.1, -0.05) is 43.9 Å². The third-order valence-electron chi connectivity index (χ3n) is 11.2. The van der Waals surface area contributed by atoms with E-state index in [9.17, 15) is 22.8 Å². The number of imide groups is 1. The van der Waals surface area contributed by atoms with Crippen LogP contribution in [0.2, 0.25) is 0 Å². The van der Waals surface area contributed by atoms with E-state index in [1.165, 1.54) is 6.42 Å². The maximum absolute atomic E-state index is 13.3. The molecular weight excluding hydrogens is 785 g/mol. The summed E-state index contributed by atoms with van der Waals surface area (Å²) in [7, 11) is -3.40. The summed E-state index contributed by atoms with van der Waals surface area (Å²) in [4.78, 5) is 53.9. The number of hydrogen-bond donors (Lipinski definition) is 3. The molecule has 16 nitrogen and oxygen atoms in total. The number of sulfonamides is 1. The fraction of sp³-hybridized carbons (Fsp3) is 0.395. The summed E-state index contributed by atoms with van der Waals surface area (Å²) >= 11 is 0. The maximum atomic E-state index is 13.3. The van der Waals surface area contributed by atoms with Crippen LogP contribution < -0.4 is 25.0 Å². The molecule has 2 saturated heterocycles. The van der Waals surface area contributed by atoms with Gasteiger partial charge < -0.3 is 20.3 Å². The van der Waals surface area contributed by atoms with Crippen LogP contribution in [0.5, 0.6) is 5.75 Å². The van der Waals surface area contributed by atoms with Gasteiger partial charge in [-0.05, 0) is 80.8 Å². The molecular formula is C43H50N10O6S. The Morgan fingerprint density at radius 3 is 2.42 bits per heavy atom. The molecule has 1 atom stereocenters. The van der Waals surface area contributed by atoms with E-state index in [0.29, 0.717) is 42.5 Å². The predicted molar refractivity (Wildman–Crippen MR) is 229 cm³/mol. The Morgan fingerprint density at radius 1 is 0.833 bits per heavy atom. The van der Waals surface area contributed by atoms with Crippen LogP contribution in [0.3, 0.4) is 0 Å². The first kappa shape index (κ1) is 40.7. The number of carbonyl (C=O) groups is 3. The number of piperidine rings is 1. The summed E-state index contributed by atoms with van der Waals surface area (Å²) in [6.07, 6.45) is 12.3. The second-order valence-electron chi connectivity index (χ2n) is 15.5. The largest absolute Gasteiger partial charge is 0.493 e. The molecule has 2 aromatic carbocycles. The van der Waals surface area contributed by atoms with E-state index in [-0.39, 0.29) is 11.5 Å². The van der Waals surface area contributed by atoms with Crippen LogP contribution in [0, 0.1) is 0 Å². The van der Waals surface area contributed by atoms with Gasteiger partial charge in [0.1, 0.15) is 17.6 Å². The highest BCUT2D eigenvalue weighted by Gasteiger charge is 2.45. The van der Waals surface area contributed by atoms with E-state index in [0.717, 1.165) is 111 Å². The smallest absolute Gasteiger partial charge is 0.266 e. The average molecular weight is 835 g/mol. The quantitative estimate of drug-likeness (QED) is 0.0811. The fourth-order valence-electron chi connectivity index (χ4n) is 8.12. The molecule has 8 rings (SSSR count). The molecule has 0 saturated carbocycles. The molecule has 3 aromatic heterocycles. The summed E-state index contributed by atoms with van der Waals surface area (Å²) in [6.45, 7) is 5.91. The summed E-state index contributed by atoms with van der Waals surface area (Å²) in [6, 6.07) is 19.3. The van der Waals surface area contributed by atoms with Gasteiger partial charge in [0.25, 0.3) is 11.8 Å². The summed E-state index contributed by atoms with van der Waals surface area (Å²) in [5, 5.41) is 10.7. The number of benzene rings is 2. The van der Waals surface area contributed by atoms with Crippen molar-refractivity contribution in [1.82, 2.24) is 34.7 Å². The van der Waals surface area contributed by atoms with E-state index >= 15 is 0 Å². The van der Waals surface area contributed by atoms with Crippen molar-refractivity contribution in [1.29, 1.82) is 0 Å². The first-order valence-corrected chi connectivity index (χ1v) is 22.6. The lowest BCUT2D eigenvalue weighted by Crippen LogP contribution is -2.52. The number of nitrogens with zero attached hydrogens (tertiary/aromatic N) is 7. The highest BCUT2D eigenvalue weighted by atomic mass is 32.2. The Labute approximate surface area is 349 Å². The van der Waals surface area contributed by atoms with E-state index in [4.69, 9.17) is 14.8 Å². The Balaban J connectivity index is 0.724. The number of hydrogen-bond acceptors (Lipinski definition) is 12. The fourth-order valence-corrected chi connectivity index (χ4v) is 8.67. The zero-order valence-corrected chi connectivity index (χ0v) is 34.5. The summed E-state index contributed by atoms with van der Waals surface area (Å²) < 4.78 is 33.8. The molecule has 3 aliphatic rings. The number of nitrogens with one attached hydrogen (secondary N) is 3. The maximum Gasteiger partial charge on any atom is 0.266 e. The Bertz CT molecular complexity index is 2470. The molecule has 5 aromatic rings. The van der Waals surface area contributed by atoms with Gasteiger partial charge in [-0.15, -0.1) is 5.10 Å². The molecule has 0 spiro atoms. The number of piperazine rings is 1. The molecule has 6 heterocycles. The minimum atomic E-state index is -3.40. The minimum Gasteiger partial charge on any atom is -0.493 e. The third-order valence-corrected chi connectivity index (χ3v) is 11.8. The number of rotatable bonds is 17. The van der Waals surface area contributed by atoms with Crippen molar-refractivity contribution in [2.45, 2.75) is 57.4 Å². The van der Waals surface area contributed by atoms with Crippen molar-refractivity contribution in [3.63, 3.8) is 0 Å². The zero-order chi connectivity index (χ0) is 41.6. The normalized spacial score (nSPS) is 17.2. The molecule has 0 bridgehead atoms. The monoisotopic (exact) mass is 834 g/mol. The molecule has 0 aliphatic carbocycles. The van der Waals surface area contributed by atoms with Crippen LogP contribution in [0.25, 0.3) is 16.8 Å². The van der Waals surface area contributed by atoms with Crippen molar-refractivity contribution in [3.8, 4) is 17.0 Å². The number of fused-ring (bicyclic) bond motifs is 2. The van der Waals surface area contributed by atoms with Gasteiger partial charge in [-0.3, -0.25) is 28.9 Å². The number of unbranched alkanes of at least 4 members (excludes halogenated alkanes) is 5. The van der Waals surface area contributed by atoms with E-state index in [1.54, 1.807) is 53.3 Å².